The molecule has 0 aromatic heterocycles. The van der Waals surface area contributed by atoms with Gasteiger partial charge in [0.2, 0.25) is 5.91 Å². The molecule has 0 unspecified atom stereocenters. The molecule has 1 amide bonds. The number of carbonyl (C=O) groups is 1. The summed E-state index contributed by atoms with van der Waals surface area (Å²) in [6.45, 7) is 3.61. The molecule has 156 valence electrons. The van der Waals surface area contributed by atoms with Crippen molar-refractivity contribution < 1.29 is 22.7 Å². The average Bonchev–Trinajstić information content (AvgIpc) is 2.98. The Kier molecular flexibility index (Phi) is 6.47. The fraction of sp³-hybridized carbons (Fsp3) is 0.409. The van der Waals surface area contributed by atoms with Gasteiger partial charge in [0, 0.05) is 13.0 Å². The summed E-state index contributed by atoms with van der Waals surface area (Å²) in [7, 11) is 0. The maximum atomic E-state index is 14.0. The first-order chi connectivity index (χ1) is 13.7. The molecule has 1 aliphatic rings. The van der Waals surface area contributed by atoms with Gasteiger partial charge in [-0.05, 0) is 43.7 Å². The minimum absolute atomic E-state index is 0.124. The lowest BCUT2D eigenvalue weighted by molar-refractivity contribution is -0.126. The van der Waals surface area contributed by atoms with Crippen molar-refractivity contribution in [2.75, 3.05) is 19.7 Å². The van der Waals surface area contributed by atoms with Crippen LogP contribution < -0.4 is 10.1 Å². The van der Waals surface area contributed by atoms with Crippen LogP contribution in [-0.2, 0) is 4.79 Å². The second-order valence-electron chi connectivity index (χ2n) is 7.49. The van der Waals surface area contributed by atoms with Gasteiger partial charge in [0.1, 0.15) is 18.2 Å². The predicted octanol–water partition coefficient (Wildman–Crippen LogP) is 4.10. The summed E-state index contributed by atoms with van der Waals surface area (Å²) in [5.74, 6) is -3.27. The molecule has 4 nitrogen and oxygen atoms in total. The van der Waals surface area contributed by atoms with Crippen LogP contribution in [0, 0.1) is 12.7 Å². The highest BCUT2D eigenvalue weighted by Gasteiger charge is 2.47. The topological polar surface area (TPSA) is 41.6 Å². The summed E-state index contributed by atoms with van der Waals surface area (Å²) in [4.78, 5) is 14.1. The van der Waals surface area contributed by atoms with E-state index in [0.29, 0.717) is 5.75 Å². The number of rotatable bonds is 7. The maximum Gasteiger partial charge on any atom is 0.262 e. The lowest BCUT2D eigenvalue weighted by atomic mass is 10.1. The number of nitrogens with zero attached hydrogens (tertiary/aromatic N) is 1. The van der Waals surface area contributed by atoms with E-state index in [-0.39, 0.29) is 25.0 Å². The van der Waals surface area contributed by atoms with Crippen LogP contribution in [0.2, 0.25) is 0 Å². The van der Waals surface area contributed by atoms with Gasteiger partial charge in [-0.1, -0.05) is 29.8 Å². The summed E-state index contributed by atoms with van der Waals surface area (Å²) in [5, 5.41) is 2.84. The summed E-state index contributed by atoms with van der Waals surface area (Å²) in [6, 6.07) is 12.0. The fourth-order valence-electron chi connectivity index (χ4n) is 3.44. The van der Waals surface area contributed by atoms with E-state index in [0.717, 1.165) is 11.1 Å². The zero-order valence-corrected chi connectivity index (χ0v) is 16.5. The number of nitrogens with one attached hydrogen (secondary N) is 1. The van der Waals surface area contributed by atoms with Gasteiger partial charge in [0.15, 0.2) is 0 Å². The Labute approximate surface area is 168 Å². The lowest BCUT2D eigenvalue weighted by Gasteiger charge is -2.24. The van der Waals surface area contributed by atoms with Crippen molar-refractivity contribution in [2.24, 2.45) is 0 Å². The van der Waals surface area contributed by atoms with Gasteiger partial charge in [-0.15, -0.1) is 0 Å². The van der Waals surface area contributed by atoms with Crippen LogP contribution in [0.3, 0.4) is 0 Å². The maximum absolute atomic E-state index is 14.0. The van der Waals surface area contributed by atoms with E-state index in [2.05, 4.69) is 5.32 Å². The number of likely N-dealkylation sites (tertiary alicyclic amines) is 1. The highest BCUT2D eigenvalue weighted by Crippen LogP contribution is 2.32. The van der Waals surface area contributed by atoms with Gasteiger partial charge in [0.25, 0.3) is 5.92 Å². The van der Waals surface area contributed by atoms with Crippen LogP contribution in [0.4, 0.5) is 13.2 Å². The molecule has 1 N–H and O–H groups in total. The largest absolute Gasteiger partial charge is 0.492 e. The van der Waals surface area contributed by atoms with Crippen molar-refractivity contribution in [3.63, 3.8) is 0 Å². The van der Waals surface area contributed by atoms with E-state index < -0.39 is 30.8 Å². The van der Waals surface area contributed by atoms with Crippen molar-refractivity contribution in [1.82, 2.24) is 10.2 Å². The van der Waals surface area contributed by atoms with Gasteiger partial charge >= 0.3 is 0 Å². The molecule has 2 aromatic rings. The first-order valence-corrected chi connectivity index (χ1v) is 9.61. The van der Waals surface area contributed by atoms with E-state index in [4.69, 9.17) is 4.74 Å². The lowest BCUT2D eigenvalue weighted by Crippen LogP contribution is -2.45. The molecule has 1 heterocycles. The molecular formula is C22H25F3N2O2. The molecule has 0 bridgehead atoms. The summed E-state index contributed by atoms with van der Waals surface area (Å²) < 4.78 is 46.4. The molecule has 29 heavy (non-hydrogen) atoms. The van der Waals surface area contributed by atoms with Crippen molar-refractivity contribution in [3.05, 3.63) is 65.5 Å². The number of amides is 1. The van der Waals surface area contributed by atoms with Crippen LogP contribution in [0.25, 0.3) is 0 Å². The van der Waals surface area contributed by atoms with Crippen molar-refractivity contribution in [1.29, 1.82) is 0 Å². The molecule has 1 saturated heterocycles. The van der Waals surface area contributed by atoms with Crippen molar-refractivity contribution in [3.8, 4) is 5.75 Å². The summed E-state index contributed by atoms with van der Waals surface area (Å²) in [6.07, 6.45) is -0.518. The van der Waals surface area contributed by atoms with Gasteiger partial charge < -0.3 is 10.1 Å². The van der Waals surface area contributed by atoms with E-state index in [1.807, 2.05) is 38.1 Å². The second-order valence-corrected chi connectivity index (χ2v) is 7.49. The Morgan fingerprint density at radius 2 is 1.86 bits per heavy atom. The Morgan fingerprint density at radius 3 is 2.52 bits per heavy atom. The van der Waals surface area contributed by atoms with Gasteiger partial charge in [-0.25, -0.2) is 13.2 Å². The Balaban J connectivity index is 1.58. The molecular weight excluding hydrogens is 381 g/mol. The number of aryl methyl sites for hydroxylation is 1. The van der Waals surface area contributed by atoms with E-state index in [1.165, 1.54) is 29.2 Å². The highest BCUT2D eigenvalue weighted by atomic mass is 19.3. The number of benzene rings is 2. The smallest absolute Gasteiger partial charge is 0.262 e. The van der Waals surface area contributed by atoms with E-state index in [1.54, 1.807) is 0 Å². The Hall–Kier alpha value is -2.54. The Morgan fingerprint density at radius 1 is 1.21 bits per heavy atom. The van der Waals surface area contributed by atoms with Crippen LogP contribution in [0.5, 0.6) is 5.75 Å². The quantitative estimate of drug-likeness (QED) is 0.753. The molecule has 1 fully saturated rings. The molecule has 3 rings (SSSR count). The summed E-state index contributed by atoms with van der Waals surface area (Å²) in [5.41, 5.74) is 2.02. The zero-order chi connectivity index (χ0) is 21.0. The molecule has 0 radical (unpaired) electrons. The van der Waals surface area contributed by atoms with Crippen LogP contribution >= 0.6 is 0 Å². The number of ether oxygens (including phenoxy) is 1. The minimum atomic E-state index is -2.93. The molecule has 7 heteroatoms. The minimum Gasteiger partial charge on any atom is -0.492 e. The monoisotopic (exact) mass is 406 g/mol. The highest BCUT2D eigenvalue weighted by molar-refractivity contribution is 5.82. The molecule has 0 saturated carbocycles. The normalized spacial score (nSPS) is 19.7. The van der Waals surface area contributed by atoms with Crippen LogP contribution in [0.1, 0.15) is 30.5 Å². The number of alkyl halides is 2. The SMILES string of the molecule is Cc1ccc([C@H](C)NC(=O)[C@H]2CC(F)(F)CN2CCOc2ccc(F)cc2)cc1. The molecule has 2 atom stereocenters. The number of halogens is 3. The second kappa shape index (κ2) is 8.86. The van der Waals surface area contributed by atoms with Gasteiger partial charge in [-0.3, -0.25) is 9.69 Å². The first kappa shape index (κ1) is 21.2. The third-order valence-corrected chi connectivity index (χ3v) is 5.07. The standard InChI is InChI=1S/C22H25F3N2O2/c1-15-3-5-17(6-4-15)16(2)26-21(28)20-13-22(24,25)14-27(20)11-12-29-19-9-7-18(23)8-10-19/h3-10,16,20H,11-14H2,1-2H3,(H,26,28)/t16-,20+/m0/s1. The van der Waals surface area contributed by atoms with Gasteiger partial charge in [-0.2, -0.15) is 0 Å². The molecule has 1 aliphatic heterocycles. The average molecular weight is 406 g/mol. The van der Waals surface area contributed by atoms with Crippen LogP contribution in [-0.4, -0.2) is 42.5 Å². The molecule has 0 spiro atoms. The molecule has 2 aromatic carbocycles. The molecule has 0 aliphatic carbocycles. The van der Waals surface area contributed by atoms with Gasteiger partial charge in [0.05, 0.1) is 18.6 Å². The third kappa shape index (κ3) is 5.73. The number of hydrogen-bond donors (Lipinski definition) is 1. The van der Waals surface area contributed by atoms with Crippen LogP contribution in [0.15, 0.2) is 48.5 Å². The summed E-state index contributed by atoms with van der Waals surface area (Å²) >= 11 is 0. The van der Waals surface area contributed by atoms with E-state index >= 15 is 0 Å². The number of carbonyl (C=O) groups excluding carboxylic acids is 1. The third-order valence-electron chi connectivity index (χ3n) is 5.07. The fourth-order valence-corrected chi connectivity index (χ4v) is 3.44. The van der Waals surface area contributed by atoms with Crippen molar-refractivity contribution in [2.45, 2.75) is 38.3 Å². The number of hydrogen-bond acceptors (Lipinski definition) is 3. The zero-order valence-electron chi connectivity index (χ0n) is 16.5. The predicted molar refractivity (Wildman–Crippen MR) is 105 cm³/mol. The van der Waals surface area contributed by atoms with E-state index in [9.17, 15) is 18.0 Å². The Bertz CT molecular complexity index is 825. The van der Waals surface area contributed by atoms with Crippen molar-refractivity contribution >= 4 is 5.91 Å². The first-order valence-electron chi connectivity index (χ1n) is 9.61.